The largest absolute Gasteiger partial charge is 0.435 e. The number of aromatic amines is 1. The number of carbonyl (C=O) groups is 1. The van der Waals surface area contributed by atoms with E-state index in [0.29, 0.717) is 30.5 Å². The lowest BCUT2D eigenvalue weighted by Gasteiger charge is -2.36. The fourth-order valence-corrected chi connectivity index (χ4v) is 5.00. The predicted molar refractivity (Wildman–Crippen MR) is 124 cm³/mol. The van der Waals surface area contributed by atoms with Crippen molar-refractivity contribution in [2.75, 3.05) is 38.1 Å². The molecule has 1 saturated heterocycles. The van der Waals surface area contributed by atoms with Gasteiger partial charge in [-0.1, -0.05) is 0 Å². The monoisotopic (exact) mass is 504 g/mol. The van der Waals surface area contributed by atoms with Gasteiger partial charge in [0.1, 0.15) is 5.69 Å². The van der Waals surface area contributed by atoms with Crippen LogP contribution in [0.1, 0.15) is 39.4 Å². The van der Waals surface area contributed by atoms with Crippen LogP contribution in [0.4, 0.5) is 23.2 Å². The van der Waals surface area contributed by atoms with Crippen LogP contribution in [-0.4, -0.2) is 59.0 Å². The molecule has 4 heterocycles. The third-order valence-electron chi connectivity index (χ3n) is 6.84. The minimum atomic E-state index is -4.73. The molecular weight excluding hydrogens is 480 g/mol. The van der Waals surface area contributed by atoms with Gasteiger partial charge in [-0.25, -0.2) is 9.37 Å². The van der Waals surface area contributed by atoms with Crippen LogP contribution < -0.4 is 15.8 Å². The number of nitrogens with one attached hydrogen (secondary N) is 2. The number of hydrogen-bond acceptors (Lipinski definition) is 6. The number of hydrogen-bond donors (Lipinski definition) is 2. The fourth-order valence-electron chi connectivity index (χ4n) is 5.00. The summed E-state index contributed by atoms with van der Waals surface area (Å²) in [5, 5.41) is 2.90. The molecule has 1 amide bonds. The molecule has 0 spiro atoms. The van der Waals surface area contributed by atoms with E-state index < -0.39 is 23.6 Å². The van der Waals surface area contributed by atoms with Crippen molar-refractivity contribution in [1.82, 2.24) is 25.2 Å². The van der Waals surface area contributed by atoms with Crippen LogP contribution in [0, 0.1) is 5.82 Å². The van der Waals surface area contributed by atoms with Gasteiger partial charge in [-0.3, -0.25) is 19.5 Å². The predicted octanol–water partition coefficient (Wildman–Crippen LogP) is 2.65. The smallest absolute Gasteiger partial charge is 0.367 e. The number of halogens is 4. The van der Waals surface area contributed by atoms with Crippen molar-refractivity contribution in [3.8, 4) is 0 Å². The fraction of sp³-hybridized carbons (Fsp3) is 0.417. The number of piperazine rings is 1. The zero-order valence-corrected chi connectivity index (χ0v) is 19.5. The van der Waals surface area contributed by atoms with E-state index in [4.69, 9.17) is 0 Å². The molecular formula is C24H24F4N6O2. The first kappa shape index (κ1) is 24.2. The van der Waals surface area contributed by atoms with Crippen LogP contribution in [-0.2, 0) is 25.6 Å². The van der Waals surface area contributed by atoms with Crippen LogP contribution in [0.25, 0.3) is 10.9 Å². The Balaban J connectivity index is 1.33. The molecule has 8 nitrogen and oxygen atoms in total. The van der Waals surface area contributed by atoms with Crippen LogP contribution >= 0.6 is 0 Å². The van der Waals surface area contributed by atoms with E-state index in [-0.39, 0.29) is 47.8 Å². The highest BCUT2D eigenvalue weighted by atomic mass is 19.4. The number of alkyl halides is 3. The Morgan fingerprint density at radius 2 is 1.86 bits per heavy atom. The maximum Gasteiger partial charge on any atom is 0.435 e. The van der Waals surface area contributed by atoms with Gasteiger partial charge in [0.15, 0.2) is 11.5 Å². The molecule has 1 aliphatic heterocycles. The van der Waals surface area contributed by atoms with Gasteiger partial charge in [0, 0.05) is 56.9 Å². The topological polar surface area (TPSA) is 94.2 Å². The summed E-state index contributed by atoms with van der Waals surface area (Å²) in [5.74, 6) is -1.27. The zero-order chi connectivity index (χ0) is 25.6. The molecule has 0 aromatic carbocycles. The number of amides is 1. The van der Waals surface area contributed by atoms with Crippen molar-refractivity contribution in [2.45, 2.75) is 32.0 Å². The highest BCUT2D eigenvalue weighted by Gasteiger charge is 2.38. The van der Waals surface area contributed by atoms with Crippen LogP contribution in [0.15, 0.2) is 23.1 Å². The molecule has 2 aliphatic rings. The summed E-state index contributed by atoms with van der Waals surface area (Å²) in [4.78, 5) is 38.1. The Morgan fingerprint density at radius 3 is 2.56 bits per heavy atom. The van der Waals surface area contributed by atoms with Crippen molar-refractivity contribution in [2.24, 2.45) is 0 Å². The Hall–Kier alpha value is -3.54. The summed E-state index contributed by atoms with van der Waals surface area (Å²) in [6, 6.07) is 2.52. The third-order valence-corrected chi connectivity index (χ3v) is 6.84. The lowest BCUT2D eigenvalue weighted by Crippen LogP contribution is -2.46. The second-order valence-electron chi connectivity index (χ2n) is 8.98. The summed E-state index contributed by atoms with van der Waals surface area (Å²) in [6.45, 7) is 1.41. The van der Waals surface area contributed by atoms with Crippen molar-refractivity contribution < 1.29 is 22.4 Å². The molecule has 36 heavy (non-hydrogen) atoms. The standard InChI is InChI=1S/C24H24F4N6O2/c1-29-23(36)16-5-6-18(21(31-16)24(26,27)28)34-9-7-33(8-10-34)12-17-19(25)20-15(11-30-17)13-3-2-4-14(13)22(35)32-20/h5-6,11H,2-4,7-10,12H2,1H3,(H,29,36)(H,32,35). The van der Waals surface area contributed by atoms with Gasteiger partial charge in [0.25, 0.3) is 11.5 Å². The van der Waals surface area contributed by atoms with Crippen LogP contribution in [0.2, 0.25) is 0 Å². The molecule has 3 aromatic rings. The van der Waals surface area contributed by atoms with Gasteiger partial charge in [0.05, 0.1) is 16.9 Å². The molecule has 1 fully saturated rings. The number of anilines is 1. The second kappa shape index (κ2) is 9.16. The van der Waals surface area contributed by atoms with E-state index in [1.807, 2.05) is 4.90 Å². The number of carbonyl (C=O) groups excluding carboxylic acids is 1. The molecule has 0 saturated carbocycles. The van der Waals surface area contributed by atoms with Crippen molar-refractivity contribution in [1.29, 1.82) is 0 Å². The van der Waals surface area contributed by atoms with Gasteiger partial charge in [0.2, 0.25) is 0 Å². The second-order valence-corrected chi connectivity index (χ2v) is 8.98. The lowest BCUT2D eigenvalue weighted by atomic mass is 10.1. The SMILES string of the molecule is CNC(=O)c1ccc(N2CCN(Cc3ncc4c5c(c(=O)[nH]c4c3F)CCC5)CC2)c(C(F)(F)F)n1. The number of fused-ring (bicyclic) bond motifs is 3. The van der Waals surface area contributed by atoms with Gasteiger partial charge >= 0.3 is 6.18 Å². The molecule has 0 bridgehead atoms. The summed E-state index contributed by atoms with van der Waals surface area (Å²) in [5.41, 5.74) is 0.0935. The summed E-state index contributed by atoms with van der Waals surface area (Å²) in [6.07, 6.45) is -0.887. The molecule has 0 atom stereocenters. The lowest BCUT2D eigenvalue weighted by molar-refractivity contribution is -0.140. The number of aryl methyl sites for hydroxylation is 1. The Kier molecular flexibility index (Phi) is 6.15. The molecule has 190 valence electrons. The molecule has 0 radical (unpaired) electrons. The van der Waals surface area contributed by atoms with Crippen molar-refractivity contribution >= 4 is 22.5 Å². The Bertz CT molecular complexity index is 1400. The van der Waals surface area contributed by atoms with Crippen molar-refractivity contribution in [3.05, 3.63) is 62.7 Å². The first-order valence-electron chi connectivity index (χ1n) is 11.7. The number of pyridine rings is 3. The molecule has 0 unspecified atom stereocenters. The molecule has 5 rings (SSSR count). The first-order valence-corrected chi connectivity index (χ1v) is 11.7. The van der Waals surface area contributed by atoms with E-state index in [1.165, 1.54) is 19.2 Å². The summed E-state index contributed by atoms with van der Waals surface area (Å²) < 4.78 is 56.4. The normalized spacial score (nSPS) is 16.4. The Labute approximate surface area is 203 Å². The maximum absolute atomic E-state index is 15.3. The highest BCUT2D eigenvalue weighted by molar-refractivity contribution is 5.92. The average molecular weight is 504 g/mol. The van der Waals surface area contributed by atoms with Crippen LogP contribution in [0.3, 0.4) is 0 Å². The van der Waals surface area contributed by atoms with E-state index in [2.05, 4.69) is 20.3 Å². The van der Waals surface area contributed by atoms with E-state index in [1.54, 1.807) is 11.1 Å². The number of nitrogens with zero attached hydrogens (tertiary/aromatic N) is 4. The third kappa shape index (κ3) is 4.29. The number of aromatic nitrogens is 3. The number of rotatable bonds is 4. The number of H-pyrrole nitrogens is 1. The molecule has 12 heteroatoms. The van der Waals surface area contributed by atoms with E-state index >= 15 is 4.39 Å². The minimum Gasteiger partial charge on any atom is -0.367 e. The maximum atomic E-state index is 15.3. The molecule has 2 N–H and O–H groups in total. The van der Waals surface area contributed by atoms with Gasteiger partial charge in [-0.2, -0.15) is 13.2 Å². The minimum absolute atomic E-state index is 0.101. The Morgan fingerprint density at radius 1 is 1.14 bits per heavy atom. The van der Waals surface area contributed by atoms with E-state index in [0.717, 1.165) is 18.4 Å². The zero-order valence-electron chi connectivity index (χ0n) is 19.5. The average Bonchev–Trinajstić information content (AvgIpc) is 3.36. The van der Waals surface area contributed by atoms with Crippen molar-refractivity contribution in [3.63, 3.8) is 0 Å². The van der Waals surface area contributed by atoms with E-state index in [9.17, 15) is 22.8 Å². The summed E-state index contributed by atoms with van der Waals surface area (Å²) >= 11 is 0. The van der Waals surface area contributed by atoms with Gasteiger partial charge in [-0.15, -0.1) is 0 Å². The first-order chi connectivity index (χ1) is 17.2. The molecule has 1 aliphatic carbocycles. The highest BCUT2D eigenvalue weighted by Crippen LogP contribution is 2.36. The van der Waals surface area contributed by atoms with Crippen LogP contribution in [0.5, 0.6) is 0 Å². The summed E-state index contributed by atoms with van der Waals surface area (Å²) in [7, 11) is 1.32. The van der Waals surface area contributed by atoms with Gasteiger partial charge in [-0.05, 0) is 37.0 Å². The quantitative estimate of drug-likeness (QED) is 0.531. The molecule has 3 aromatic heterocycles. The van der Waals surface area contributed by atoms with Gasteiger partial charge < -0.3 is 15.2 Å².